The number of hydrogen-bond acceptors (Lipinski definition) is 15. The number of amides is 3. The highest BCUT2D eigenvalue weighted by Crippen LogP contribution is 2.37. The molecule has 0 radical (unpaired) electrons. The first kappa shape index (κ1) is 52.4. The summed E-state index contributed by atoms with van der Waals surface area (Å²) >= 11 is 0. The molecule has 3 amide bonds. The summed E-state index contributed by atoms with van der Waals surface area (Å²) in [4.78, 5) is 69.8. The average Bonchev–Trinajstić information content (AvgIpc) is 4.27. The van der Waals surface area contributed by atoms with Crippen molar-refractivity contribution in [2.45, 2.75) is 87.1 Å². The van der Waals surface area contributed by atoms with E-state index in [2.05, 4.69) is 25.5 Å². The number of benzene rings is 2. The minimum Gasteiger partial charge on any atom is -0.491 e. The molecule has 0 aliphatic carbocycles. The molecule has 23 nitrogen and oxygen atoms in total. The maximum Gasteiger partial charge on any atom is 0.356 e. The van der Waals surface area contributed by atoms with Crippen molar-refractivity contribution >= 4 is 62.6 Å². The lowest BCUT2D eigenvalue weighted by Gasteiger charge is -2.26. The van der Waals surface area contributed by atoms with Crippen LogP contribution in [0.25, 0.3) is 44.5 Å². The fourth-order valence-corrected chi connectivity index (χ4v) is 9.46. The first-order valence-corrected chi connectivity index (χ1v) is 25.5. The Morgan fingerprint density at radius 1 is 0.684 bits per heavy atom. The van der Waals surface area contributed by atoms with E-state index in [4.69, 9.17) is 45.4 Å². The van der Waals surface area contributed by atoms with Crippen LogP contribution >= 0.6 is 0 Å². The van der Waals surface area contributed by atoms with Crippen LogP contribution in [0.4, 0.5) is 5.95 Å². The molecule has 7 heterocycles. The van der Waals surface area contributed by atoms with Gasteiger partial charge in [-0.25, -0.2) is 19.7 Å². The van der Waals surface area contributed by atoms with Crippen molar-refractivity contribution in [1.29, 1.82) is 0 Å². The monoisotopic (exact) mass is 1040 g/mol. The second kappa shape index (κ2) is 23.0. The summed E-state index contributed by atoms with van der Waals surface area (Å²) < 4.78 is 32.9. The quantitative estimate of drug-likeness (QED) is 0.0399. The number of imidazole rings is 1. The highest BCUT2D eigenvalue weighted by atomic mass is 16.5. The number of hydrogen-bond donors (Lipinski definition) is 3. The van der Waals surface area contributed by atoms with Gasteiger partial charge in [0.25, 0.3) is 5.91 Å². The Morgan fingerprint density at radius 2 is 1.29 bits per heavy atom. The van der Waals surface area contributed by atoms with Crippen LogP contribution in [0.3, 0.4) is 0 Å². The van der Waals surface area contributed by atoms with Gasteiger partial charge >= 0.3 is 5.97 Å². The normalized spacial score (nSPS) is 13.1. The van der Waals surface area contributed by atoms with Crippen molar-refractivity contribution in [1.82, 2.24) is 58.3 Å². The van der Waals surface area contributed by atoms with E-state index in [0.717, 1.165) is 37.4 Å². The molecule has 76 heavy (non-hydrogen) atoms. The summed E-state index contributed by atoms with van der Waals surface area (Å²) in [6, 6.07) is 11.8. The molecule has 9 rings (SSSR count). The third-order valence-corrected chi connectivity index (χ3v) is 13.0. The van der Waals surface area contributed by atoms with Gasteiger partial charge in [0, 0.05) is 86.9 Å². The molecule has 0 saturated carbocycles. The molecule has 8 aromatic rings. The molecule has 398 valence electrons. The SMILES string of the molecule is CCn1nc(C)cc1C(=O)Nc1nc2cc(C(N)=O)cc(OCCCOC(=O)c3cc(C)nn3CC)c2n1CC=CCn1c2nc(-c3cc(C)nn3CC)ncc2c2cc(C(N)=O)cc(OCCCN3CCOCC3)c21. The van der Waals surface area contributed by atoms with Crippen LogP contribution in [0.5, 0.6) is 11.5 Å². The Hall–Kier alpha value is -8.44. The second-order valence-electron chi connectivity index (χ2n) is 18.4. The lowest BCUT2D eigenvalue weighted by Crippen LogP contribution is -2.37. The number of aromatic nitrogens is 11. The van der Waals surface area contributed by atoms with E-state index < -0.39 is 23.7 Å². The Bertz CT molecular complexity index is 3500. The summed E-state index contributed by atoms with van der Waals surface area (Å²) in [7, 11) is 0. The maximum absolute atomic E-state index is 14.1. The van der Waals surface area contributed by atoms with Crippen LogP contribution in [0.15, 0.2) is 60.8 Å². The smallest absolute Gasteiger partial charge is 0.356 e. The number of fused-ring (bicyclic) bond motifs is 4. The van der Waals surface area contributed by atoms with Gasteiger partial charge in [-0.1, -0.05) is 12.2 Å². The Labute approximate surface area is 437 Å². The Morgan fingerprint density at radius 3 is 1.97 bits per heavy atom. The zero-order valence-corrected chi connectivity index (χ0v) is 43.7. The van der Waals surface area contributed by atoms with Crippen LogP contribution in [-0.4, -0.2) is 135 Å². The minimum atomic E-state index is -0.707. The van der Waals surface area contributed by atoms with Gasteiger partial charge in [-0.15, -0.1) is 0 Å². The number of allylic oxidation sites excluding steroid dienone is 2. The van der Waals surface area contributed by atoms with Gasteiger partial charge in [-0.3, -0.25) is 38.6 Å². The molecule has 0 unspecified atom stereocenters. The Balaban J connectivity index is 1.08. The predicted molar refractivity (Wildman–Crippen MR) is 284 cm³/mol. The number of nitrogens with two attached hydrogens (primary N) is 2. The maximum atomic E-state index is 14.1. The first-order chi connectivity index (χ1) is 36.7. The van der Waals surface area contributed by atoms with E-state index in [-0.39, 0.29) is 49.1 Å². The molecule has 6 aromatic heterocycles. The van der Waals surface area contributed by atoms with Crippen molar-refractivity contribution in [2.24, 2.45) is 11.5 Å². The Kier molecular flexibility index (Phi) is 15.9. The largest absolute Gasteiger partial charge is 0.491 e. The molecule has 1 aliphatic rings. The average molecular weight is 1040 g/mol. The standard InChI is InChI=1S/C53H63N15O8/c1-7-66-40(24-32(4)60-66)49-56-31-38-37-27-35(47(54)69)29-43(74-19-12-14-63-17-22-73-23-18-63)45(37)64(50(38)58-49)15-10-11-16-65-46-39(57-53(65)59-51(71)41-25-33(5)61-67(41)8-2)28-36(48(55)70)30-44(46)75-20-13-21-76-52(72)42-26-34(6)62-68(42)9-3/h10-11,24-31H,7-9,12-23H2,1-6H3,(H2,54,69)(H2,55,70)(H,57,59,71). The molecule has 0 spiro atoms. The number of ether oxygens (including phenoxy) is 4. The summed E-state index contributed by atoms with van der Waals surface area (Å²) in [5, 5.41) is 17.8. The molecule has 1 saturated heterocycles. The van der Waals surface area contributed by atoms with E-state index in [1.54, 1.807) is 50.5 Å². The van der Waals surface area contributed by atoms with Gasteiger partial charge in [0.1, 0.15) is 39.7 Å². The van der Waals surface area contributed by atoms with Gasteiger partial charge < -0.3 is 39.5 Å². The molecule has 5 N–H and O–H groups in total. The van der Waals surface area contributed by atoms with E-state index in [0.29, 0.717) is 113 Å². The van der Waals surface area contributed by atoms with Crippen LogP contribution in [0, 0.1) is 20.8 Å². The highest BCUT2D eigenvalue weighted by Gasteiger charge is 2.24. The van der Waals surface area contributed by atoms with Gasteiger partial charge in [0.15, 0.2) is 5.82 Å². The molecule has 2 aromatic carbocycles. The number of esters is 1. The summed E-state index contributed by atoms with van der Waals surface area (Å²) in [5.41, 5.74) is 17.9. The molecule has 0 atom stereocenters. The van der Waals surface area contributed by atoms with Crippen LogP contribution in [0.1, 0.15) is 92.4 Å². The van der Waals surface area contributed by atoms with Gasteiger partial charge in [0.05, 0.1) is 61.1 Å². The zero-order valence-electron chi connectivity index (χ0n) is 43.7. The molecule has 1 aliphatic heterocycles. The molecule has 0 bridgehead atoms. The number of rotatable bonds is 23. The lowest BCUT2D eigenvalue weighted by atomic mass is 10.1. The van der Waals surface area contributed by atoms with Crippen molar-refractivity contribution in [2.75, 3.05) is 58.0 Å². The van der Waals surface area contributed by atoms with Crippen LogP contribution in [0.2, 0.25) is 0 Å². The minimum absolute atomic E-state index is 0.0430. The van der Waals surface area contributed by atoms with Crippen molar-refractivity contribution in [3.05, 3.63) is 100 Å². The highest BCUT2D eigenvalue weighted by molar-refractivity contribution is 6.12. The predicted octanol–water partition coefficient (Wildman–Crippen LogP) is 5.61. The van der Waals surface area contributed by atoms with Crippen LogP contribution in [-0.2, 0) is 42.2 Å². The molecular formula is C53H63N15O8. The summed E-state index contributed by atoms with van der Waals surface area (Å²) in [5.74, 6) is -0.899. The van der Waals surface area contributed by atoms with Crippen molar-refractivity contribution in [3.63, 3.8) is 0 Å². The number of nitrogens with one attached hydrogen (secondary N) is 1. The third-order valence-electron chi connectivity index (χ3n) is 13.0. The van der Waals surface area contributed by atoms with E-state index >= 15 is 0 Å². The number of carbonyl (C=O) groups excluding carboxylic acids is 4. The van der Waals surface area contributed by atoms with Crippen molar-refractivity contribution in [3.8, 4) is 23.0 Å². The van der Waals surface area contributed by atoms with E-state index in [1.165, 1.54) is 6.07 Å². The number of morpholine rings is 1. The number of anilines is 1. The number of carbonyl (C=O) groups is 4. The molecule has 23 heteroatoms. The number of nitrogens with zero attached hydrogens (tertiary/aromatic N) is 12. The van der Waals surface area contributed by atoms with Gasteiger partial charge in [0.2, 0.25) is 17.8 Å². The zero-order chi connectivity index (χ0) is 53.6. The molecular weight excluding hydrogens is 975 g/mol. The third kappa shape index (κ3) is 11.1. The van der Waals surface area contributed by atoms with Crippen LogP contribution < -0.4 is 26.3 Å². The first-order valence-electron chi connectivity index (χ1n) is 25.5. The van der Waals surface area contributed by atoms with Gasteiger partial charge in [-0.05, 0) is 90.4 Å². The van der Waals surface area contributed by atoms with E-state index in [1.807, 2.05) is 69.0 Å². The summed E-state index contributed by atoms with van der Waals surface area (Å²) in [6.45, 7) is 17.7. The van der Waals surface area contributed by atoms with Gasteiger partial charge in [-0.2, -0.15) is 15.3 Å². The number of aryl methyl sites for hydroxylation is 6. The number of primary amides is 2. The van der Waals surface area contributed by atoms with Crippen molar-refractivity contribution < 1.29 is 38.1 Å². The fourth-order valence-electron chi connectivity index (χ4n) is 9.46. The lowest BCUT2D eigenvalue weighted by molar-refractivity contribution is 0.0358. The fraction of sp³-hybridized carbons (Fsp3) is 0.396. The van der Waals surface area contributed by atoms with E-state index in [9.17, 15) is 19.2 Å². The topological polar surface area (TPSA) is 274 Å². The summed E-state index contributed by atoms with van der Waals surface area (Å²) in [6.07, 6.45) is 6.66. The second-order valence-corrected chi connectivity index (χ2v) is 18.4. The molecule has 1 fully saturated rings.